The van der Waals surface area contributed by atoms with Gasteiger partial charge in [0.2, 0.25) is 0 Å². The monoisotopic (exact) mass is 194 g/mol. The zero-order chi connectivity index (χ0) is 11.2. The Morgan fingerprint density at radius 3 is 2.43 bits per heavy atom. The standard InChI is InChI=1S/C12H18O2/c1-6-10(2)8-7-9-11(13)14-12(3,4)5/h2,6,8H2,1,3-5H3. The van der Waals surface area contributed by atoms with Crippen LogP contribution in [0.1, 0.15) is 40.5 Å². The fourth-order valence-corrected chi connectivity index (χ4v) is 0.670. The number of hydrogen-bond acceptors (Lipinski definition) is 2. The van der Waals surface area contributed by atoms with Crippen LogP contribution in [-0.2, 0) is 9.53 Å². The molecule has 78 valence electrons. The van der Waals surface area contributed by atoms with E-state index in [1.807, 2.05) is 27.7 Å². The van der Waals surface area contributed by atoms with Crippen LogP contribution < -0.4 is 0 Å². The number of esters is 1. The minimum atomic E-state index is -0.471. The summed E-state index contributed by atoms with van der Waals surface area (Å²) in [4.78, 5) is 11.1. The maximum atomic E-state index is 11.1. The third-order valence-electron chi connectivity index (χ3n) is 1.43. The SMILES string of the molecule is C=C(CC)CC#CC(=O)OC(C)(C)C. The lowest BCUT2D eigenvalue weighted by Gasteiger charge is -2.16. The van der Waals surface area contributed by atoms with Crippen molar-refractivity contribution >= 4 is 5.97 Å². The summed E-state index contributed by atoms with van der Waals surface area (Å²) in [5.41, 5.74) is 0.564. The second kappa shape index (κ2) is 5.49. The predicted molar refractivity (Wildman–Crippen MR) is 57.7 cm³/mol. The first kappa shape index (κ1) is 12.8. The van der Waals surface area contributed by atoms with Crippen molar-refractivity contribution in [2.45, 2.75) is 46.1 Å². The third kappa shape index (κ3) is 7.42. The van der Waals surface area contributed by atoms with Gasteiger partial charge in [0.15, 0.2) is 0 Å². The van der Waals surface area contributed by atoms with Crippen LogP contribution in [0.2, 0.25) is 0 Å². The molecule has 0 atom stereocenters. The van der Waals surface area contributed by atoms with E-state index in [0.29, 0.717) is 6.42 Å². The normalized spacial score (nSPS) is 10.0. The molecule has 0 aliphatic rings. The van der Waals surface area contributed by atoms with Gasteiger partial charge in [0.1, 0.15) is 5.60 Å². The van der Waals surface area contributed by atoms with E-state index in [1.165, 1.54) is 0 Å². The van der Waals surface area contributed by atoms with Gasteiger partial charge in [-0.15, -0.1) is 0 Å². The van der Waals surface area contributed by atoms with Crippen molar-refractivity contribution in [1.29, 1.82) is 0 Å². The second-order valence-corrected chi connectivity index (χ2v) is 4.08. The summed E-state index contributed by atoms with van der Waals surface area (Å²) in [5, 5.41) is 0. The molecule has 0 aromatic carbocycles. The van der Waals surface area contributed by atoms with Crippen LogP contribution in [0, 0.1) is 11.8 Å². The van der Waals surface area contributed by atoms with Crippen molar-refractivity contribution in [2.24, 2.45) is 0 Å². The summed E-state index contributed by atoms with van der Waals surface area (Å²) in [7, 11) is 0. The van der Waals surface area contributed by atoms with Gasteiger partial charge in [-0.3, -0.25) is 0 Å². The molecule has 0 bridgehead atoms. The molecule has 0 unspecified atom stereocenters. The van der Waals surface area contributed by atoms with E-state index >= 15 is 0 Å². The highest BCUT2D eigenvalue weighted by Crippen LogP contribution is 2.06. The van der Waals surface area contributed by atoms with Crippen molar-refractivity contribution in [1.82, 2.24) is 0 Å². The summed E-state index contributed by atoms with van der Waals surface area (Å²) in [6.07, 6.45) is 1.46. The smallest absolute Gasteiger partial charge is 0.384 e. The molecule has 0 saturated heterocycles. The van der Waals surface area contributed by atoms with E-state index in [1.54, 1.807) is 0 Å². The lowest BCUT2D eigenvalue weighted by Crippen LogP contribution is -2.22. The summed E-state index contributed by atoms with van der Waals surface area (Å²) in [5.74, 6) is 4.70. The second-order valence-electron chi connectivity index (χ2n) is 4.08. The molecule has 14 heavy (non-hydrogen) atoms. The lowest BCUT2D eigenvalue weighted by molar-refractivity contribution is -0.147. The fourth-order valence-electron chi connectivity index (χ4n) is 0.670. The Balaban J connectivity index is 4.00. The Morgan fingerprint density at radius 1 is 1.43 bits per heavy atom. The molecule has 0 aromatic heterocycles. The average Bonchev–Trinajstić information content (AvgIpc) is 2.00. The van der Waals surface area contributed by atoms with Gasteiger partial charge in [0.25, 0.3) is 0 Å². The van der Waals surface area contributed by atoms with E-state index < -0.39 is 11.6 Å². The van der Waals surface area contributed by atoms with Gasteiger partial charge in [-0.2, -0.15) is 0 Å². The molecule has 0 spiro atoms. The molecule has 0 aromatic rings. The van der Waals surface area contributed by atoms with E-state index in [4.69, 9.17) is 4.74 Å². The van der Waals surface area contributed by atoms with Gasteiger partial charge < -0.3 is 4.74 Å². The van der Waals surface area contributed by atoms with Gasteiger partial charge in [0, 0.05) is 12.3 Å². The van der Waals surface area contributed by atoms with Gasteiger partial charge in [-0.1, -0.05) is 25.0 Å². The first-order chi connectivity index (χ1) is 6.35. The van der Waals surface area contributed by atoms with Crippen molar-refractivity contribution in [3.8, 4) is 11.8 Å². The van der Waals surface area contributed by atoms with Crippen LogP contribution in [0.4, 0.5) is 0 Å². The minimum Gasteiger partial charge on any atom is -0.450 e. The number of ether oxygens (including phenoxy) is 1. The van der Waals surface area contributed by atoms with Crippen LogP contribution >= 0.6 is 0 Å². The average molecular weight is 194 g/mol. The molecular formula is C12H18O2. The molecule has 0 aliphatic heterocycles. The molecular weight excluding hydrogens is 176 g/mol. The molecule has 0 radical (unpaired) electrons. The van der Waals surface area contributed by atoms with Crippen LogP contribution in [0.3, 0.4) is 0 Å². The molecule has 0 fully saturated rings. The lowest BCUT2D eigenvalue weighted by atomic mass is 10.2. The van der Waals surface area contributed by atoms with Crippen molar-refractivity contribution < 1.29 is 9.53 Å². The number of allylic oxidation sites excluding steroid dienone is 1. The maximum absolute atomic E-state index is 11.1. The summed E-state index contributed by atoms with van der Waals surface area (Å²) in [6, 6.07) is 0. The minimum absolute atomic E-state index is 0.465. The molecule has 0 heterocycles. The molecule has 0 N–H and O–H groups in total. The zero-order valence-corrected chi connectivity index (χ0v) is 9.44. The molecule has 0 rings (SSSR count). The topological polar surface area (TPSA) is 26.3 Å². The van der Waals surface area contributed by atoms with Crippen LogP contribution in [0.25, 0.3) is 0 Å². The summed E-state index contributed by atoms with van der Waals surface area (Å²) >= 11 is 0. The van der Waals surface area contributed by atoms with Crippen molar-refractivity contribution in [2.75, 3.05) is 0 Å². The Labute approximate surface area is 86.3 Å². The van der Waals surface area contributed by atoms with E-state index in [2.05, 4.69) is 18.4 Å². The maximum Gasteiger partial charge on any atom is 0.384 e. The fraction of sp³-hybridized carbons (Fsp3) is 0.583. The van der Waals surface area contributed by atoms with E-state index in [9.17, 15) is 4.79 Å². The highest BCUT2D eigenvalue weighted by Gasteiger charge is 2.13. The third-order valence-corrected chi connectivity index (χ3v) is 1.43. The molecule has 0 amide bonds. The number of carbonyl (C=O) groups is 1. The van der Waals surface area contributed by atoms with Crippen LogP contribution in [0.5, 0.6) is 0 Å². The van der Waals surface area contributed by atoms with E-state index in [-0.39, 0.29) is 0 Å². The predicted octanol–water partition coefficient (Wildman–Crippen LogP) is 2.69. The highest BCUT2D eigenvalue weighted by molar-refractivity contribution is 5.88. The van der Waals surface area contributed by atoms with Gasteiger partial charge >= 0.3 is 5.97 Å². The number of carbonyl (C=O) groups excluding carboxylic acids is 1. The van der Waals surface area contributed by atoms with Gasteiger partial charge in [0.05, 0.1) is 0 Å². The molecule has 0 saturated carbocycles. The number of rotatable bonds is 2. The summed E-state index contributed by atoms with van der Waals surface area (Å²) < 4.78 is 5.01. The summed E-state index contributed by atoms with van der Waals surface area (Å²) in [6.45, 7) is 11.3. The molecule has 2 nitrogen and oxygen atoms in total. The molecule has 2 heteroatoms. The Kier molecular flexibility index (Phi) is 5.01. The number of hydrogen-bond donors (Lipinski definition) is 0. The quantitative estimate of drug-likeness (QED) is 0.292. The van der Waals surface area contributed by atoms with E-state index in [0.717, 1.165) is 12.0 Å². The largest absolute Gasteiger partial charge is 0.450 e. The van der Waals surface area contributed by atoms with Crippen LogP contribution in [-0.4, -0.2) is 11.6 Å². The first-order valence-corrected chi connectivity index (χ1v) is 4.73. The highest BCUT2D eigenvalue weighted by atomic mass is 16.6. The molecule has 0 aliphatic carbocycles. The zero-order valence-electron chi connectivity index (χ0n) is 9.44. The Morgan fingerprint density at radius 2 is 2.00 bits per heavy atom. The van der Waals surface area contributed by atoms with Crippen LogP contribution in [0.15, 0.2) is 12.2 Å². The van der Waals surface area contributed by atoms with Crippen molar-refractivity contribution in [3.63, 3.8) is 0 Å². The van der Waals surface area contributed by atoms with Gasteiger partial charge in [-0.25, -0.2) is 4.79 Å². The Bertz CT molecular complexity index is 271. The Hall–Kier alpha value is -1.23. The van der Waals surface area contributed by atoms with Gasteiger partial charge in [-0.05, 0) is 27.2 Å². The first-order valence-electron chi connectivity index (χ1n) is 4.73. The van der Waals surface area contributed by atoms with Crippen molar-refractivity contribution in [3.05, 3.63) is 12.2 Å².